The van der Waals surface area contributed by atoms with Gasteiger partial charge in [-0.2, -0.15) is 0 Å². The quantitative estimate of drug-likeness (QED) is 0.691. The van der Waals surface area contributed by atoms with E-state index in [4.69, 9.17) is 25.8 Å². The molecule has 0 aliphatic carbocycles. The molecule has 1 amide bonds. The Morgan fingerprint density at radius 1 is 1.43 bits per heavy atom. The lowest BCUT2D eigenvalue weighted by molar-refractivity contribution is -0.114. The number of hydrogen-bond acceptors (Lipinski definition) is 6. The summed E-state index contributed by atoms with van der Waals surface area (Å²) in [6.07, 6.45) is 1.45. The van der Waals surface area contributed by atoms with E-state index in [0.717, 1.165) is 11.3 Å². The minimum atomic E-state index is -0.501. The number of carbonyl (C=O) groups is 1. The number of fused-ring (bicyclic) bond motifs is 1. The number of nitrogens with zero attached hydrogens (tertiary/aromatic N) is 1. The Morgan fingerprint density at radius 3 is 3.00 bits per heavy atom. The van der Waals surface area contributed by atoms with Crippen LogP contribution in [-0.4, -0.2) is 17.7 Å². The molecule has 0 radical (unpaired) electrons. The third-order valence-electron chi connectivity index (χ3n) is 2.54. The molecule has 1 aromatic carbocycles. The lowest BCUT2D eigenvalue weighted by Crippen LogP contribution is -2.17. The first-order valence-electron chi connectivity index (χ1n) is 5.81. The lowest BCUT2D eigenvalue weighted by atomic mass is 10.3. The lowest BCUT2D eigenvalue weighted by Gasteiger charge is -2.08. The normalized spacial score (nSPS) is 12.0. The second-order valence-electron chi connectivity index (χ2n) is 3.96. The van der Waals surface area contributed by atoms with Gasteiger partial charge in [-0.05, 0) is 12.1 Å². The smallest absolute Gasteiger partial charge is 0.292 e. The van der Waals surface area contributed by atoms with Gasteiger partial charge in [0.2, 0.25) is 6.79 Å². The average Bonchev–Trinajstić information content (AvgIpc) is 3.07. The average molecular weight is 325 g/mol. The molecule has 0 unspecified atom stereocenters. The number of benzene rings is 1. The van der Waals surface area contributed by atoms with Crippen molar-refractivity contribution in [1.82, 2.24) is 4.98 Å². The molecule has 6 nitrogen and oxygen atoms in total. The molecule has 3 rings (SSSR count). The first kappa shape index (κ1) is 13.7. The summed E-state index contributed by atoms with van der Waals surface area (Å²) in [5.74, 6) is 1.05. The molecule has 108 valence electrons. The van der Waals surface area contributed by atoms with Gasteiger partial charge in [-0.1, -0.05) is 29.5 Å². The molecular weight excluding hydrogens is 316 g/mol. The second-order valence-corrected chi connectivity index (χ2v) is 5.63. The van der Waals surface area contributed by atoms with E-state index >= 15 is 0 Å². The number of halogens is 1. The van der Waals surface area contributed by atoms with Crippen LogP contribution in [0.1, 0.15) is 0 Å². The van der Waals surface area contributed by atoms with Crippen LogP contribution in [-0.2, 0) is 4.79 Å². The largest absolute Gasteiger partial charge is 0.454 e. The third-order valence-corrected chi connectivity index (χ3v) is 3.57. The molecule has 0 atom stereocenters. The van der Waals surface area contributed by atoms with E-state index in [9.17, 15) is 4.79 Å². The number of amides is 1. The first-order chi connectivity index (χ1) is 10.1. The van der Waals surface area contributed by atoms with Crippen LogP contribution in [0.25, 0.3) is 0 Å². The Morgan fingerprint density at radius 2 is 2.24 bits per heavy atom. The van der Waals surface area contributed by atoms with E-state index in [2.05, 4.69) is 16.9 Å². The third kappa shape index (κ3) is 3.09. The number of carbonyl (C=O) groups excluding carboxylic acids is 1. The summed E-state index contributed by atoms with van der Waals surface area (Å²) < 4.78 is 16.3. The van der Waals surface area contributed by atoms with E-state index < -0.39 is 5.91 Å². The van der Waals surface area contributed by atoms with Crippen molar-refractivity contribution in [1.29, 1.82) is 0 Å². The van der Waals surface area contributed by atoms with Crippen molar-refractivity contribution in [3.05, 3.63) is 41.1 Å². The van der Waals surface area contributed by atoms with E-state index in [1.807, 2.05) is 0 Å². The molecule has 0 fully saturated rings. The SMILES string of the molecule is C=C(Oc1ccc2c(c1)OCO2)C(=O)Nc1ncc(Cl)s1. The van der Waals surface area contributed by atoms with Crippen LogP contribution in [0, 0.1) is 0 Å². The molecule has 21 heavy (non-hydrogen) atoms. The fourth-order valence-electron chi connectivity index (χ4n) is 1.61. The summed E-state index contributed by atoms with van der Waals surface area (Å²) in [7, 11) is 0. The van der Waals surface area contributed by atoms with Gasteiger partial charge in [-0.3, -0.25) is 10.1 Å². The highest BCUT2D eigenvalue weighted by Crippen LogP contribution is 2.35. The molecular formula is C13H9ClN2O4S. The van der Waals surface area contributed by atoms with E-state index in [1.54, 1.807) is 18.2 Å². The van der Waals surface area contributed by atoms with Gasteiger partial charge >= 0.3 is 0 Å². The van der Waals surface area contributed by atoms with Gasteiger partial charge in [0, 0.05) is 6.07 Å². The summed E-state index contributed by atoms with van der Waals surface area (Å²) in [6.45, 7) is 3.76. The Kier molecular flexibility index (Phi) is 3.68. The van der Waals surface area contributed by atoms with Gasteiger partial charge in [0.05, 0.1) is 6.20 Å². The Hall–Kier alpha value is -2.25. The van der Waals surface area contributed by atoms with Crippen LogP contribution < -0.4 is 19.5 Å². The number of nitrogens with one attached hydrogen (secondary N) is 1. The van der Waals surface area contributed by atoms with Gasteiger partial charge in [-0.25, -0.2) is 4.98 Å². The summed E-state index contributed by atoms with van der Waals surface area (Å²) in [5.41, 5.74) is 0. The van der Waals surface area contributed by atoms with Crippen LogP contribution in [0.15, 0.2) is 36.7 Å². The topological polar surface area (TPSA) is 69.7 Å². The van der Waals surface area contributed by atoms with Crippen LogP contribution in [0.2, 0.25) is 4.34 Å². The molecule has 2 heterocycles. The number of rotatable bonds is 4. The minimum Gasteiger partial charge on any atom is -0.454 e. The van der Waals surface area contributed by atoms with Crippen molar-refractivity contribution in [2.45, 2.75) is 0 Å². The summed E-state index contributed by atoms with van der Waals surface area (Å²) >= 11 is 6.88. The molecule has 1 aromatic heterocycles. The predicted molar refractivity (Wildman–Crippen MR) is 78.1 cm³/mol. The Balaban J connectivity index is 1.64. The van der Waals surface area contributed by atoms with Crippen molar-refractivity contribution >= 4 is 34.0 Å². The van der Waals surface area contributed by atoms with Crippen molar-refractivity contribution in [3.8, 4) is 17.2 Å². The number of anilines is 1. The Bertz CT molecular complexity index is 716. The maximum atomic E-state index is 11.9. The Labute approximate surface area is 128 Å². The summed E-state index contributed by atoms with van der Waals surface area (Å²) in [5, 5.41) is 2.91. The van der Waals surface area contributed by atoms with Crippen LogP contribution >= 0.6 is 22.9 Å². The number of aromatic nitrogens is 1. The zero-order valence-electron chi connectivity index (χ0n) is 10.6. The number of ether oxygens (including phenoxy) is 3. The van der Waals surface area contributed by atoms with Crippen molar-refractivity contribution in [2.24, 2.45) is 0 Å². The van der Waals surface area contributed by atoms with Gasteiger partial charge in [-0.15, -0.1) is 0 Å². The van der Waals surface area contributed by atoms with E-state index in [1.165, 1.54) is 6.20 Å². The number of thiazole rings is 1. The van der Waals surface area contributed by atoms with Gasteiger partial charge in [0.15, 0.2) is 22.4 Å². The zero-order valence-corrected chi connectivity index (χ0v) is 12.2. The molecule has 1 aliphatic heterocycles. The van der Waals surface area contributed by atoms with Gasteiger partial charge in [0.25, 0.3) is 5.91 Å². The monoisotopic (exact) mass is 324 g/mol. The van der Waals surface area contributed by atoms with E-state index in [0.29, 0.717) is 26.7 Å². The van der Waals surface area contributed by atoms with E-state index in [-0.39, 0.29) is 12.6 Å². The fourth-order valence-corrected chi connectivity index (χ4v) is 2.42. The maximum Gasteiger partial charge on any atom is 0.292 e. The summed E-state index contributed by atoms with van der Waals surface area (Å²) in [6, 6.07) is 4.98. The van der Waals surface area contributed by atoms with Crippen LogP contribution in [0.3, 0.4) is 0 Å². The minimum absolute atomic E-state index is 0.0693. The fraction of sp³-hybridized carbons (Fsp3) is 0.0769. The van der Waals surface area contributed by atoms with Gasteiger partial charge < -0.3 is 14.2 Å². The molecule has 0 bridgehead atoms. The standard InChI is InChI=1S/C13H9ClN2O4S/c1-7(12(17)16-13-15-5-11(14)21-13)20-8-2-3-9-10(4-8)19-6-18-9/h2-5H,1,6H2,(H,15,16,17). The molecule has 1 aliphatic rings. The first-order valence-corrected chi connectivity index (χ1v) is 7.00. The molecule has 8 heteroatoms. The predicted octanol–water partition coefficient (Wildman–Crippen LogP) is 3.06. The highest BCUT2D eigenvalue weighted by Gasteiger charge is 2.16. The highest BCUT2D eigenvalue weighted by atomic mass is 35.5. The molecule has 0 saturated carbocycles. The molecule has 0 saturated heterocycles. The van der Waals surface area contributed by atoms with Crippen molar-refractivity contribution in [2.75, 3.05) is 12.1 Å². The van der Waals surface area contributed by atoms with Crippen LogP contribution in [0.5, 0.6) is 17.2 Å². The van der Waals surface area contributed by atoms with Crippen LogP contribution in [0.4, 0.5) is 5.13 Å². The molecule has 2 aromatic rings. The zero-order chi connectivity index (χ0) is 14.8. The summed E-state index contributed by atoms with van der Waals surface area (Å²) in [4.78, 5) is 15.8. The van der Waals surface area contributed by atoms with Gasteiger partial charge in [0.1, 0.15) is 10.1 Å². The molecule has 1 N–H and O–H groups in total. The van der Waals surface area contributed by atoms with Crippen molar-refractivity contribution < 1.29 is 19.0 Å². The highest BCUT2D eigenvalue weighted by molar-refractivity contribution is 7.19. The van der Waals surface area contributed by atoms with Crippen molar-refractivity contribution in [3.63, 3.8) is 0 Å². The number of hydrogen-bond donors (Lipinski definition) is 1. The maximum absolute atomic E-state index is 11.9. The second kappa shape index (κ2) is 5.63. The molecule has 0 spiro atoms.